The topological polar surface area (TPSA) is 6.48 Å². The molecule has 11 aromatic carbocycles. The summed E-state index contributed by atoms with van der Waals surface area (Å²) in [7, 11) is 0. The fourth-order valence-corrected chi connectivity index (χ4v) is 12.2. The van der Waals surface area contributed by atoms with E-state index in [4.69, 9.17) is 0 Å². The van der Waals surface area contributed by atoms with Crippen LogP contribution < -0.4 is 9.80 Å². The van der Waals surface area contributed by atoms with Gasteiger partial charge in [0.05, 0.1) is 0 Å². The molecule has 14 rings (SSSR count). The Kier molecular flexibility index (Phi) is 8.19. The first-order valence-electron chi connectivity index (χ1n) is 23.7. The van der Waals surface area contributed by atoms with Crippen LogP contribution in [0.2, 0.25) is 0 Å². The van der Waals surface area contributed by atoms with Crippen molar-refractivity contribution in [1.29, 1.82) is 0 Å². The Morgan fingerprint density at radius 1 is 0.343 bits per heavy atom. The summed E-state index contributed by atoms with van der Waals surface area (Å²) in [5.74, 6) is 0. The van der Waals surface area contributed by atoms with Gasteiger partial charge in [-0.3, -0.25) is 0 Å². The van der Waals surface area contributed by atoms with Crippen LogP contribution in [-0.2, 0) is 18.3 Å². The summed E-state index contributed by atoms with van der Waals surface area (Å²) in [4.78, 5) is 5.00. The Morgan fingerprint density at radius 2 is 0.806 bits per heavy atom. The molecule has 0 unspecified atom stereocenters. The molecule has 0 radical (unpaired) electrons. The van der Waals surface area contributed by atoms with Crippen LogP contribution in [-0.4, -0.2) is 0 Å². The highest BCUT2D eigenvalue weighted by atomic mass is 15.2. The molecule has 0 fully saturated rings. The molecule has 0 saturated carbocycles. The number of anilines is 6. The van der Waals surface area contributed by atoms with E-state index in [1.807, 2.05) is 0 Å². The van der Waals surface area contributed by atoms with Crippen LogP contribution in [0.1, 0.15) is 47.2 Å². The van der Waals surface area contributed by atoms with E-state index in [-0.39, 0.29) is 5.41 Å². The Morgan fingerprint density at radius 3 is 1.40 bits per heavy atom. The summed E-state index contributed by atoms with van der Waals surface area (Å²) in [6.45, 7) is 4.84. The highest BCUT2D eigenvalue weighted by molar-refractivity contribution is 6.24. The number of benzene rings is 11. The maximum atomic E-state index is 2.51. The van der Waals surface area contributed by atoms with Gasteiger partial charge in [-0.1, -0.05) is 178 Å². The van der Waals surface area contributed by atoms with Gasteiger partial charge < -0.3 is 9.80 Å². The lowest BCUT2D eigenvalue weighted by Gasteiger charge is -2.34. The average molecular weight is 855 g/mol. The van der Waals surface area contributed by atoms with Gasteiger partial charge in [0.15, 0.2) is 0 Å². The van der Waals surface area contributed by atoms with Crippen molar-refractivity contribution in [1.82, 2.24) is 0 Å². The maximum Gasteiger partial charge on any atom is 0.0497 e. The first-order valence-corrected chi connectivity index (χ1v) is 23.7. The molecule has 3 aliphatic rings. The molecule has 2 heterocycles. The lowest BCUT2D eigenvalue weighted by atomic mass is 9.76. The van der Waals surface area contributed by atoms with E-state index < -0.39 is 0 Å². The summed E-state index contributed by atoms with van der Waals surface area (Å²) in [6.07, 6.45) is 1.83. The van der Waals surface area contributed by atoms with Crippen LogP contribution >= 0.6 is 0 Å². The van der Waals surface area contributed by atoms with Gasteiger partial charge in [-0.25, -0.2) is 0 Å². The number of para-hydroxylation sites is 4. The fraction of sp³-hybridized carbons (Fsp3) is 0.0769. The van der Waals surface area contributed by atoms with Crippen LogP contribution in [0.5, 0.6) is 0 Å². The summed E-state index contributed by atoms with van der Waals surface area (Å²) < 4.78 is 0. The van der Waals surface area contributed by atoms with Crippen molar-refractivity contribution >= 4 is 66.4 Å². The summed E-state index contributed by atoms with van der Waals surface area (Å²) in [5, 5.41) is 7.44. The van der Waals surface area contributed by atoms with Gasteiger partial charge in [0.25, 0.3) is 0 Å². The Balaban J connectivity index is 1.13. The predicted octanol–water partition coefficient (Wildman–Crippen LogP) is 17.5. The molecule has 0 aromatic heterocycles. The van der Waals surface area contributed by atoms with Crippen LogP contribution in [0.15, 0.2) is 218 Å². The minimum atomic E-state index is -0.221. The monoisotopic (exact) mass is 854 g/mol. The van der Waals surface area contributed by atoms with E-state index in [2.05, 4.69) is 242 Å². The van der Waals surface area contributed by atoms with Gasteiger partial charge in [-0.05, 0) is 154 Å². The molecule has 2 aliphatic heterocycles. The molecule has 11 aromatic rings. The molecule has 2 heteroatoms. The largest absolute Gasteiger partial charge is 0.310 e. The maximum absolute atomic E-state index is 2.51. The van der Waals surface area contributed by atoms with E-state index in [0.717, 1.165) is 24.2 Å². The van der Waals surface area contributed by atoms with E-state index in [9.17, 15) is 0 Å². The first kappa shape index (κ1) is 38.1. The third-order valence-corrected chi connectivity index (χ3v) is 15.2. The summed E-state index contributed by atoms with van der Waals surface area (Å²) in [6, 6.07) is 82.3. The van der Waals surface area contributed by atoms with Gasteiger partial charge in [-0.2, -0.15) is 0 Å². The Hall–Kier alpha value is -8.20. The van der Waals surface area contributed by atoms with Gasteiger partial charge >= 0.3 is 0 Å². The predicted molar refractivity (Wildman–Crippen MR) is 282 cm³/mol. The number of hydrogen-bond donors (Lipinski definition) is 0. The highest BCUT2D eigenvalue weighted by Crippen LogP contribution is 2.56. The smallest absolute Gasteiger partial charge is 0.0497 e. The normalized spacial score (nSPS) is 14.1. The van der Waals surface area contributed by atoms with Crippen molar-refractivity contribution in [2.24, 2.45) is 0 Å². The van der Waals surface area contributed by atoms with Crippen molar-refractivity contribution in [3.05, 3.63) is 252 Å². The molecule has 0 N–H and O–H groups in total. The van der Waals surface area contributed by atoms with Gasteiger partial charge in [0.2, 0.25) is 0 Å². The number of nitrogens with zero attached hydrogens (tertiary/aromatic N) is 2. The van der Waals surface area contributed by atoms with E-state index >= 15 is 0 Å². The van der Waals surface area contributed by atoms with Crippen LogP contribution in [0, 0.1) is 0 Å². The van der Waals surface area contributed by atoms with Gasteiger partial charge in [0.1, 0.15) is 0 Å². The third-order valence-electron chi connectivity index (χ3n) is 15.2. The Labute approximate surface area is 391 Å². The second-order valence-electron chi connectivity index (χ2n) is 19.2. The molecule has 2 nitrogen and oxygen atoms in total. The molecule has 0 amide bonds. The standard InChI is InChI=1S/C65H46N2/c1-65(2)57-25-10-9-22-50(57)53-23-15-24-54(64(53)65)63-52-35-33-48(66-58-26-11-5-18-43(58)37-44-19-6-12-27-59(44)66)39-55(52)62(47-31-30-41-16-3-4-17-42(41)36-47)51-34-32-49(40-56(51)63)67-60-28-13-7-20-45(60)38-46-21-8-14-29-61(46)67/h3-36,39-40H,37-38H2,1-2H3. The van der Waals surface area contributed by atoms with Gasteiger partial charge in [0, 0.05) is 52.4 Å². The molecule has 1 aliphatic carbocycles. The zero-order chi connectivity index (χ0) is 44.4. The second kappa shape index (κ2) is 14.4. The molecule has 0 bridgehead atoms. The zero-order valence-corrected chi connectivity index (χ0v) is 37.6. The molecular weight excluding hydrogens is 809 g/mol. The second-order valence-corrected chi connectivity index (χ2v) is 19.2. The molecular formula is C65H46N2. The molecule has 0 spiro atoms. The third kappa shape index (κ3) is 5.63. The minimum absolute atomic E-state index is 0.221. The molecule has 0 saturated heterocycles. The number of fused-ring (bicyclic) bond motifs is 10. The molecule has 0 atom stereocenters. The Bertz CT molecular complexity index is 3780. The van der Waals surface area contributed by atoms with Crippen molar-refractivity contribution in [2.45, 2.75) is 32.1 Å². The lowest BCUT2D eigenvalue weighted by Crippen LogP contribution is -2.18. The van der Waals surface area contributed by atoms with Gasteiger partial charge in [-0.15, -0.1) is 0 Å². The van der Waals surface area contributed by atoms with Crippen LogP contribution in [0.4, 0.5) is 34.1 Å². The van der Waals surface area contributed by atoms with E-state index in [1.54, 1.807) is 0 Å². The van der Waals surface area contributed by atoms with E-state index in [1.165, 1.54) is 122 Å². The zero-order valence-electron chi connectivity index (χ0n) is 37.6. The minimum Gasteiger partial charge on any atom is -0.310 e. The average Bonchev–Trinajstić information content (AvgIpc) is 3.61. The summed E-state index contributed by atoms with van der Waals surface area (Å²) >= 11 is 0. The fourth-order valence-electron chi connectivity index (χ4n) is 12.2. The SMILES string of the molecule is CC1(C)c2ccccc2-c2cccc(-c3c4ccc(N5c6ccccc6Cc6ccccc65)cc4c(-c4ccc5ccccc5c4)c4ccc(N5c6ccccc6Cc6ccccc65)cc34)c21. The highest BCUT2D eigenvalue weighted by Gasteiger charge is 2.38. The first-order chi connectivity index (χ1) is 33.0. The summed E-state index contributed by atoms with van der Waals surface area (Å²) in [5.41, 5.74) is 22.8. The van der Waals surface area contributed by atoms with Crippen molar-refractivity contribution < 1.29 is 0 Å². The van der Waals surface area contributed by atoms with Crippen molar-refractivity contribution in [2.75, 3.05) is 9.80 Å². The van der Waals surface area contributed by atoms with Crippen molar-refractivity contribution in [3.8, 4) is 33.4 Å². The van der Waals surface area contributed by atoms with Crippen molar-refractivity contribution in [3.63, 3.8) is 0 Å². The number of rotatable bonds is 4. The lowest BCUT2D eigenvalue weighted by molar-refractivity contribution is 0.662. The quantitative estimate of drug-likeness (QED) is 0.163. The molecule has 316 valence electrons. The van der Waals surface area contributed by atoms with Crippen LogP contribution in [0.25, 0.3) is 65.7 Å². The van der Waals surface area contributed by atoms with Crippen LogP contribution in [0.3, 0.4) is 0 Å². The molecule has 67 heavy (non-hydrogen) atoms. The number of hydrogen-bond acceptors (Lipinski definition) is 2. The van der Waals surface area contributed by atoms with E-state index in [0.29, 0.717) is 0 Å².